The van der Waals surface area contributed by atoms with E-state index in [4.69, 9.17) is 5.11 Å². The van der Waals surface area contributed by atoms with Gasteiger partial charge in [0.25, 0.3) is 0 Å². The van der Waals surface area contributed by atoms with E-state index in [-0.39, 0.29) is 35.8 Å². The minimum atomic E-state index is -0.554. The van der Waals surface area contributed by atoms with Crippen LogP contribution in [0.4, 0.5) is 5.69 Å². The zero-order valence-corrected chi connectivity index (χ0v) is 14.1. The standard InChI is InChI=1S/C16H22N2O4S/c1-3-12-6-4-5-7-13(12)18-14(20)10-23-15(21)8-17-16(22)11(2)9-19/h4-7,11,19H,3,8-10H2,1-2H3,(H,17,22)(H,18,20)/t11-/m0/s1. The molecular weight excluding hydrogens is 316 g/mol. The second-order valence-corrected chi connectivity index (χ2v) is 6.05. The van der Waals surface area contributed by atoms with Crippen LogP contribution in [0.5, 0.6) is 0 Å². The number of aryl methyl sites for hydroxylation is 1. The molecule has 0 fully saturated rings. The quantitative estimate of drug-likeness (QED) is 0.662. The Morgan fingerprint density at radius 3 is 2.61 bits per heavy atom. The van der Waals surface area contributed by atoms with Crippen LogP contribution in [0, 0.1) is 5.92 Å². The van der Waals surface area contributed by atoms with Gasteiger partial charge in [-0.2, -0.15) is 0 Å². The Kier molecular flexibility index (Phi) is 8.36. The molecule has 0 spiro atoms. The van der Waals surface area contributed by atoms with Crippen LogP contribution in [-0.4, -0.2) is 40.9 Å². The number of hydrogen-bond donors (Lipinski definition) is 3. The molecule has 0 bridgehead atoms. The lowest BCUT2D eigenvalue weighted by atomic mass is 10.1. The van der Waals surface area contributed by atoms with Gasteiger partial charge in [0.1, 0.15) is 0 Å². The maximum Gasteiger partial charge on any atom is 0.234 e. The lowest BCUT2D eigenvalue weighted by Crippen LogP contribution is -2.34. The van der Waals surface area contributed by atoms with E-state index >= 15 is 0 Å². The number of carbonyl (C=O) groups excluding carboxylic acids is 3. The van der Waals surface area contributed by atoms with Crippen molar-refractivity contribution in [2.75, 3.05) is 24.2 Å². The SMILES string of the molecule is CCc1ccccc1NC(=O)CSC(=O)CNC(=O)[C@@H](C)CO. The van der Waals surface area contributed by atoms with Crippen molar-refractivity contribution in [3.8, 4) is 0 Å². The van der Waals surface area contributed by atoms with Gasteiger partial charge in [-0.05, 0) is 18.1 Å². The molecule has 0 heterocycles. The number of amides is 2. The molecule has 0 saturated carbocycles. The fraction of sp³-hybridized carbons (Fsp3) is 0.438. The van der Waals surface area contributed by atoms with E-state index in [9.17, 15) is 14.4 Å². The number of nitrogens with one attached hydrogen (secondary N) is 2. The highest BCUT2D eigenvalue weighted by molar-refractivity contribution is 8.14. The van der Waals surface area contributed by atoms with E-state index in [1.807, 2.05) is 31.2 Å². The molecule has 0 aliphatic heterocycles. The van der Waals surface area contributed by atoms with E-state index < -0.39 is 5.92 Å². The molecule has 6 nitrogen and oxygen atoms in total. The summed E-state index contributed by atoms with van der Waals surface area (Å²) >= 11 is 0.850. The number of aliphatic hydroxyl groups is 1. The number of anilines is 1. The molecule has 0 aliphatic carbocycles. The smallest absolute Gasteiger partial charge is 0.234 e. The van der Waals surface area contributed by atoms with Gasteiger partial charge in [-0.25, -0.2) is 0 Å². The Balaban J connectivity index is 2.35. The van der Waals surface area contributed by atoms with E-state index in [0.717, 1.165) is 29.4 Å². The average molecular weight is 338 g/mol. The Morgan fingerprint density at radius 1 is 1.26 bits per heavy atom. The van der Waals surface area contributed by atoms with Gasteiger partial charge in [-0.15, -0.1) is 0 Å². The zero-order chi connectivity index (χ0) is 17.2. The van der Waals surface area contributed by atoms with Crippen molar-refractivity contribution >= 4 is 34.4 Å². The first kappa shape index (κ1) is 19.2. The number of para-hydroxylation sites is 1. The molecule has 0 saturated heterocycles. The number of carbonyl (C=O) groups is 3. The lowest BCUT2D eigenvalue weighted by molar-refractivity contribution is -0.126. The average Bonchev–Trinajstić information content (AvgIpc) is 2.57. The lowest BCUT2D eigenvalue weighted by Gasteiger charge is -2.10. The summed E-state index contributed by atoms with van der Waals surface area (Å²) in [5.41, 5.74) is 1.78. The topological polar surface area (TPSA) is 95.5 Å². The number of aliphatic hydroxyl groups excluding tert-OH is 1. The van der Waals surface area contributed by atoms with Crippen molar-refractivity contribution in [1.82, 2.24) is 5.32 Å². The molecule has 126 valence electrons. The third-order valence-corrected chi connectivity index (χ3v) is 4.04. The molecule has 7 heteroatoms. The molecule has 1 aromatic rings. The molecule has 23 heavy (non-hydrogen) atoms. The monoisotopic (exact) mass is 338 g/mol. The summed E-state index contributed by atoms with van der Waals surface area (Å²) in [6, 6.07) is 7.50. The molecule has 1 atom stereocenters. The van der Waals surface area contributed by atoms with Gasteiger partial charge in [0.05, 0.1) is 24.8 Å². The molecule has 3 N–H and O–H groups in total. The van der Waals surface area contributed by atoms with Gasteiger partial charge in [0.15, 0.2) is 0 Å². The number of thioether (sulfide) groups is 1. The third-order valence-electron chi connectivity index (χ3n) is 3.17. The van der Waals surface area contributed by atoms with Gasteiger partial charge in [-0.3, -0.25) is 14.4 Å². The van der Waals surface area contributed by atoms with Crippen molar-refractivity contribution in [1.29, 1.82) is 0 Å². The van der Waals surface area contributed by atoms with Crippen LogP contribution in [0.2, 0.25) is 0 Å². The fourth-order valence-electron chi connectivity index (χ4n) is 1.75. The summed E-state index contributed by atoms with van der Waals surface area (Å²) in [7, 11) is 0. The second-order valence-electron chi connectivity index (χ2n) is 5.02. The molecule has 2 amide bonds. The summed E-state index contributed by atoms with van der Waals surface area (Å²) in [4.78, 5) is 34.9. The maximum absolute atomic E-state index is 11.9. The first-order chi connectivity index (χ1) is 11.0. The van der Waals surface area contributed by atoms with Crippen molar-refractivity contribution in [2.24, 2.45) is 5.92 Å². The van der Waals surface area contributed by atoms with E-state index in [1.54, 1.807) is 6.92 Å². The second kappa shape index (κ2) is 10.0. The van der Waals surface area contributed by atoms with Gasteiger partial charge < -0.3 is 15.7 Å². The fourth-order valence-corrected chi connectivity index (χ4v) is 2.29. The van der Waals surface area contributed by atoms with Gasteiger partial charge in [0.2, 0.25) is 16.9 Å². The molecule has 0 unspecified atom stereocenters. The van der Waals surface area contributed by atoms with Crippen LogP contribution >= 0.6 is 11.8 Å². The highest BCUT2D eigenvalue weighted by atomic mass is 32.2. The van der Waals surface area contributed by atoms with Crippen molar-refractivity contribution < 1.29 is 19.5 Å². The molecule has 1 aromatic carbocycles. The Morgan fingerprint density at radius 2 is 1.96 bits per heavy atom. The first-order valence-corrected chi connectivity index (χ1v) is 8.38. The molecule has 0 radical (unpaired) electrons. The van der Waals surface area contributed by atoms with Crippen LogP contribution in [0.15, 0.2) is 24.3 Å². The first-order valence-electron chi connectivity index (χ1n) is 7.39. The summed E-state index contributed by atoms with van der Waals surface area (Å²) in [6.45, 7) is 3.13. The van der Waals surface area contributed by atoms with Crippen LogP contribution in [0.25, 0.3) is 0 Å². The molecule has 0 aliphatic rings. The van der Waals surface area contributed by atoms with Gasteiger partial charge in [0, 0.05) is 5.69 Å². The largest absolute Gasteiger partial charge is 0.396 e. The van der Waals surface area contributed by atoms with Crippen LogP contribution in [0.1, 0.15) is 19.4 Å². The predicted octanol–water partition coefficient (Wildman–Crippen LogP) is 1.19. The normalized spacial score (nSPS) is 11.6. The summed E-state index contributed by atoms with van der Waals surface area (Å²) in [5.74, 6) is -1.22. The van der Waals surface area contributed by atoms with Crippen molar-refractivity contribution in [2.45, 2.75) is 20.3 Å². The van der Waals surface area contributed by atoms with Crippen LogP contribution in [0.3, 0.4) is 0 Å². The Bertz CT molecular complexity index is 563. The summed E-state index contributed by atoms with van der Waals surface area (Å²) in [6.07, 6.45) is 0.803. The van der Waals surface area contributed by atoms with Gasteiger partial charge >= 0.3 is 0 Å². The van der Waals surface area contributed by atoms with Crippen LogP contribution in [-0.2, 0) is 20.8 Å². The molecule has 1 rings (SSSR count). The van der Waals surface area contributed by atoms with Crippen LogP contribution < -0.4 is 10.6 Å². The third kappa shape index (κ3) is 6.83. The van der Waals surface area contributed by atoms with E-state index in [0.29, 0.717) is 0 Å². The van der Waals surface area contributed by atoms with E-state index in [2.05, 4.69) is 10.6 Å². The number of rotatable bonds is 8. The minimum absolute atomic E-state index is 0.0116. The molecule has 0 aromatic heterocycles. The number of hydrogen-bond acceptors (Lipinski definition) is 5. The molecular formula is C16H22N2O4S. The maximum atomic E-state index is 11.9. The highest BCUT2D eigenvalue weighted by Gasteiger charge is 2.14. The van der Waals surface area contributed by atoms with Gasteiger partial charge in [-0.1, -0.05) is 43.8 Å². The van der Waals surface area contributed by atoms with E-state index in [1.165, 1.54) is 0 Å². The summed E-state index contributed by atoms with van der Waals surface area (Å²) < 4.78 is 0. The Labute approximate surface area is 140 Å². The highest BCUT2D eigenvalue weighted by Crippen LogP contribution is 2.15. The number of benzene rings is 1. The zero-order valence-electron chi connectivity index (χ0n) is 13.3. The Hall–Kier alpha value is -1.86. The minimum Gasteiger partial charge on any atom is -0.396 e. The van der Waals surface area contributed by atoms with Crippen molar-refractivity contribution in [3.63, 3.8) is 0 Å². The predicted molar refractivity (Wildman–Crippen MR) is 91.2 cm³/mol. The summed E-state index contributed by atoms with van der Waals surface area (Å²) in [5, 5.41) is 13.7. The van der Waals surface area contributed by atoms with Crippen molar-refractivity contribution in [3.05, 3.63) is 29.8 Å².